The summed E-state index contributed by atoms with van der Waals surface area (Å²) in [5.41, 5.74) is 8.07. The van der Waals surface area contributed by atoms with E-state index in [1.807, 2.05) is 36.4 Å². The average molecular weight is 258 g/mol. The highest BCUT2D eigenvalue weighted by Crippen LogP contribution is 2.17. The van der Waals surface area contributed by atoms with Crippen LogP contribution in [0.25, 0.3) is 11.3 Å². The molecule has 0 aliphatic carbocycles. The van der Waals surface area contributed by atoms with Gasteiger partial charge in [-0.05, 0) is 11.6 Å². The van der Waals surface area contributed by atoms with E-state index in [4.69, 9.17) is 10.5 Å². The first-order chi connectivity index (χ1) is 9.27. The molecule has 4 heteroatoms. The van der Waals surface area contributed by atoms with Gasteiger partial charge in [0.25, 0.3) is 5.56 Å². The lowest BCUT2D eigenvalue weighted by Crippen LogP contribution is -2.28. The van der Waals surface area contributed by atoms with Gasteiger partial charge < -0.3 is 15.0 Å². The van der Waals surface area contributed by atoms with Crippen LogP contribution in [0.1, 0.15) is 5.56 Å². The van der Waals surface area contributed by atoms with Gasteiger partial charge in [0.1, 0.15) is 0 Å². The number of benzene rings is 1. The van der Waals surface area contributed by atoms with Crippen molar-refractivity contribution in [2.75, 3.05) is 13.7 Å². The second-order valence-electron chi connectivity index (χ2n) is 4.26. The van der Waals surface area contributed by atoms with E-state index in [0.29, 0.717) is 18.7 Å². The Morgan fingerprint density at radius 1 is 1.16 bits per heavy atom. The summed E-state index contributed by atoms with van der Waals surface area (Å²) >= 11 is 0. The largest absolute Gasteiger partial charge is 0.383 e. The Labute approximate surface area is 112 Å². The van der Waals surface area contributed by atoms with Crippen LogP contribution in [0, 0.1) is 0 Å². The molecule has 1 heterocycles. The fourth-order valence-electron chi connectivity index (χ4n) is 2.04. The van der Waals surface area contributed by atoms with E-state index in [1.54, 1.807) is 17.7 Å². The summed E-state index contributed by atoms with van der Waals surface area (Å²) < 4.78 is 6.80. The molecule has 2 aromatic rings. The van der Waals surface area contributed by atoms with Gasteiger partial charge in [0.05, 0.1) is 12.3 Å². The van der Waals surface area contributed by atoms with Crippen LogP contribution in [0.15, 0.2) is 47.3 Å². The normalized spacial score (nSPS) is 10.6. The number of hydrogen-bond donors (Lipinski definition) is 1. The molecule has 19 heavy (non-hydrogen) atoms. The minimum absolute atomic E-state index is 0.0408. The molecule has 0 amide bonds. The van der Waals surface area contributed by atoms with E-state index < -0.39 is 0 Å². The maximum absolute atomic E-state index is 12.3. The molecule has 0 bridgehead atoms. The first-order valence-electron chi connectivity index (χ1n) is 6.25. The number of methoxy groups -OCH3 is 1. The van der Waals surface area contributed by atoms with Crippen molar-refractivity contribution in [1.29, 1.82) is 0 Å². The van der Waals surface area contributed by atoms with Crippen molar-refractivity contribution in [3.8, 4) is 11.3 Å². The molecule has 0 saturated carbocycles. The third-order valence-corrected chi connectivity index (χ3v) is 3.06. The summed E-state index contributed by atoms with van der Waals surface area (Å²) in [7, 11) is 1.63. The van der Waals surface area contributed by atoms with Gasteiger partial charge in [-0.15, -0.1) is 0 Å². The van der Waals surface area contributed by atoms with Crippen molar-refractivity contribution in [2.24, 2.45) is 5.73 Å². The number of nitrogens with zero attached hydrogens (tertiary/aromatic N) is 1. The highest BCUT2D eigenvalue weighted by atomic mass is 16.5. The Kier molecular flexibility index (Phi) is 4.49. The fourth-order valence-corrected chi connectivity index (χ4v) is 2.04. The second kappa shape index (κ2) is 6.31. The molecule has 100 valence electrons. The van der Waals surface area contributed by atoms with Crippen LogP contribution in [0.3, 0.4) is 0 Å². The van der Waals surface area contributed by atoms with Gasteiger partial charge in [-0.25, -0.2) is 0 Å². The van der Waals surface area contributed by atoms with Crippen molar-refractivity contribution in [3.05, 3.63) is 58.4 Å². The molecular formula is C15H18N2O2. The molecule has 0 radical (unpaired) electrons. The lowest BCUT2D eigenvalue weighted by atomic mass is 10.1. The van der Waals surface area contributed by atoms with Gasteiger partial charge in [0.15, 0.2) is 0 Å². The molecule has 0 aliphatic rings. The Morgan fingerprint density at radius 2 is 1.89 bits per heavy atom. The van der Waals surface area contributed by atoms with Crippen molar-refractivity contribution < 1.29 is 4.74 Å². The zero-order valence-electron chi connectivity index (χ0n) is 11.0. The quantitative estimate of drug-likeness (QED) is 0.886. The van der Waals surface area contributed by atoms with Crippen LogP contribution < -0.4 is 11.3 Å². The van der Waals surface area contributed by atoms with Gasteiger partial charge in [0, 0.05) is 25.8 Å². The fraction of sp³-hybridized carbons (Fsp3) is 0.267. The average Bonchev–Trinajstić information content (AvgIpc) is 2.46. The van der Waals surface area contributed by atoms with Crippen LogP contribution in [0.2, 0.25) is 0 Å². The lowest BCUT2D eigenvalue weighted by Gasteiger charge is -2.14. The van der Waals surface area contributed by atoms with Crippen molar-refractivity contribution in [1.82, 2.24) is 4.57 Å². The summed E-state index contributed by atoms with van der Waals surface area (Å²) in [6.07, 6.45) is 0. The molecule has 0 aliphatic heterocycles. The number of pyridine rings is 1. The first kappa shape index (κ1) is 13.5. The predicted molar refractivity (Wildman–Crippen MR) is 75.9 cm³/mol. The van der Waals surface area contributed by atoms with Crippen LogP contribution >= 0.6 is 0 Å². The highest BCUT2D eigenvalue weighted by molar-refractivity contribution is 5.59. The molecule has 0 fully saturated rings. The van der Waals surface area contributed by atoms with Crippen molar-refractivity contribution in [2.45, 2.75) is 13.1 Å². The summed E-state index contributed by atoms with van der Waals surface area (Å²) in [5, 5.41) is 0. The standard InChI is InChI=1S/C15H18N2O2/c1-19-10-9-17-14(12-5-3-2-4-6-12)8-7-13(11-16)15(17)18/h2-8H,9-11,16H2,1H3. The van der Waals surface area contributed by atoms with E-state index >= 15 is 0 Å². The summed E-state index contributed by atoms with van der Waals surface area (Å²) in [6, 6.07) is 13.6. The van der Waals surface area contributed by atoms with Crippen molar-refractivity contribution in [3.63, 3.8) is 0 Å². The van der Waals surface area contributed by atoms with E-state index in [-0.39, 0.29) is 12.1 Å². The Balaban J connectivity index is 2.54. The summed E-state index contributed by atoms with van der Waals surface area (Å²) in [5.74, 6) is 0. The second-order valence-corrected chi connectivity index (χ2v) is 4.26. The molecule has 1 aromatic carbocycles. The predicted octanol–water partition coefficient (Wildman–Crippen LogP) is 1.62. The van der Waals surface area contributed by atoms with Gasteiger partial charge in [0.2, 0.25) is 0 Å². The van der Waals surface area contributed by atoms with Crippen LogP contribution in [0.5, 0.6) is 0 Å². The minimum atomic E-state index is -0.0408. The number of hydrogen-bond acceptors (Lipinski definition) is 3. The molecule has 2 rings (SSSR count). The van der Waals surface area contributed by atoms with E-state index in [9.17, 15) is 4.79 Å². The third-order valence-electron chi connectivity index (χ3n) is 3.06. The van der Waals surface area contributed by atoms with Crippen molar-refractivity contribution >= 4 is 0 Å². The smallest absolute Gasteiger partial charge is 0.255 e. The van der Waals surface area contributed by atoms with Crippen LogP contribution in [-0.2, 0) is 17.8 Å². The van der Waals surface area contributed by atoms with E-state index in [2.05, 4.69) is 0 Å². The summed E-state index contributed by atoms with van der Waals surface area (Å²) in [4.78, 5) is 12.3. The molecule has 4 nitrogen and oxygen atoms in total. The first-order valence-corrected chi connectivity index (χ1v) is 6.25. The number of rotatable bonds is 5. The minimum Gasteiger partial charge on any atom is -0.383 e. The van der Waals surface area contributed by atoms with Gasteiger partial charge in [-0.2, -0.15) is 0 Å². The molecule has 0 unspecified atom stereocenters. The highest BCUT2D eigenvalue weighted by Gasteiger charge is 2.09. The zero-order valence-corrected chi connectivity index (χ0v) is 11.0. The van der Waals surface area contributed by atoms with E-state index in [0.717, 1.165) is 11.3 Å². The molecule has 2 N–H and O–H groups in total. The Bertz CT molecular complexity index is 591. The SMILES string of the molecule is COCCn1c(-c2ccccc2)ccc(CN)c1=O. The molecular weight excluding hydrogens is 240 g/mol. The van der Waals surface area contributed by atoms with Gasteiger partial charge in [-0.1, -0.05) is 36.4 Å². The molecule has 0 spiro atoms. The number of ether oxygens (including phenoxy) is 1. The van der Waals surface area contributed by atoms with E-state index in [1.165, 1.54) is 0 Å². The maximum atomic E-state index is 12.3. The topological polar surface area (TPSA) is 57.2 Å². The molecule has 0 saturated heterocycles. The van der Waals surface area contributed by atoms with Gasteiger partial charge >= 0.3 is 0 Å². The monoisotopic (exact) mass is 258 g/mol. The van der Waals surface area contributed by atoms with Crippen LogP contribution in [0.4, 0.5) is 0 Å². The van der Waals surface area contributed by atoms with Crippen LogP contribution in [-0.4, -0.2) is 18.3 Å². The molecule has 0 atom stereocenters. The lowest BCUT2D eigenvalue weighted by molar-refractivity contribution is 0.186. The third kappa shape index (κ3) is 2.92. The van der Waals surface area contributed by atoms with Gasteiger partial charge in [-0.3, -0.25) is 4.79 Å². The number of nitrogens with two attached hydrogens (primary N) is 1. The Hall–Kier alpha value is -1.91. The number of aromatic nitrogens is 1. The molecule has 1 aromatic heterocycles. The maximum Gasteiger partial charge on any atom is 0.255 e. The summed E-state index contributed by atoms with van der Waals surface area (Å²) in [6.45, 7) is 1.27. The zero-order chi connectivity index (χ0) is 13.7. The Morgan fingerprint density at radius 3 is 2.53 bits per heavy atom.